The molecule has 0 bridgehead atoms. The fraction of sp³-hybridized carbons (Fsp3) is 0.588. The lowest BCUT2D eigenvalue weighted by atomic mass is 9.82. The number of carbonyl (C=O) groups excluding carboxylic acids is 1. The first kappa shape index (κ1) is 15.0. The molecule has 1 aliphatic rings. The lowest BCUT2D eigenvalue weighted by molar-refractivity contribution is -0.125. The molecule has 0 heterocycles. The van der Waals surface area contributed by atoms with E-state index in [-0.39, 0.29) is 11.3 Å². The van der Waals surface area contributed by atoms with E-state index < -0.39 is 0 Å². The summed E-state index contributed by atoms with van der Waals surface area (Å²) in [5.74, 6) is 0.207. The standard InChI is InChI=1S/C17H26N2O/c1-3-17(10-5-6-11-17)16(20)19-15-9-7-8-14(12-15)13-18-4-2/h7-9,12,18H,3-6,10-11,13H2,1-2H3,(H,19,20). The van der Waals surface area contributed by atoms with Crippen LogP contribution in [-0.2, 0) is 11.3 Å². The Morgan fingerprint density at radius 3 is 2.65 bits per heavy atom. The fourth-order valence-electron chi connectivity index (χ4n) is 3.09. The average molecular weight is 274 g/mol. The van der Waals surface area contributed by atoms with E-state index >= 15 is 0 Å². The Hall–Kier alpha value is -1.35. The second-order valence-corrected chi connectivity index (χ2v) is 5.78. The van der Waals surface area contributed by atoms with E-state index in [2.05, 4.69) is 36.6 Å². The van der Waals surface area contributed by atoms with E-state index in [0.29, 0.717) is 0 Å². The first-order chi connectivity index (χ1) is 9.70. The molecule has 1 aliphatic carbocycles. The summed E-state index contributed by atoms with van der Waals surface area (Å²) in [5.41, 5.74) is 2.00. The summed E-state index contributed by atoms with van der Waals surface area (Å²) in [6.07, 6.45) is 5.37. The van der Waals surface area contributed by atoms with Gasteiger partial charge in [-0.3, -0.25) is 4.79 Å². The predicted octanol–water partition coefficient (Wildman–Crippen LogP) is 3.71. The van der Waals surface area contributed by atoms with Crippen LogP contribution in [0, 0.1) is 5.41 Å². The molecule has 3 heteroatoms. The maximum absolute atomic E-state index is 12.6. The van der Waals surface area contributed by atoms with Gasteiger partial charge in [0.1, 0.15) is 0 Å². The largest absolute Gasteiger partial charge is 0.326 e. The van der Waals surface area contributed by atoms with Crippen LogP contribution in [0.5, 0.6) is 0 Å². The molecule has 3 nitrogen and oxygen atoms in total. The number of amides is 1. The summed E-state index contributed by atoms with van der Waals surface area (Å²) in [7, 11) is 0. The van der Waals surface area contributed by atoms with Crippen molar-refractivity contribution in [2.24, 2.45) is 5.41 Å². The van der Waals surface area contributed by atoms with Crippen LogP contribution in [0.2, 0.25) is 0 Å². The molecule has 0 radical (unpaired) electrons. The van der Waals surface area contributed by atoms with Crippen molar-refractivity contribution in [2.45, 2.75) is 52.5 Å². The average Bonchev–Trinajstić information content (AvgIpc) is 2.95. The molecule has 0 atom stereocenters. The minimum atomic E-state index is -0.127. The number of hydrogen-bond acceptors (Lipinski definition) is 2. The molecule has 1 aromatic rings. The van der Waals surface area contributed by atoms with Gasteiger partial charge in [-0.1, -0.05) is 38.8 Å². The normalized spacial score (nSPS) is 17.1. The molecule has 0 saturated heterocycles. The highest BCUT2D eigenvalue weighted by atomic mass is 16.2. The van der Waals surface area contributed by atoms with Gasteiger partial charge in [0.05, 0.1) is 0 Å². The summed E-state index contributed by atoms with van der Waals surface area (Å²) in [6, 6.07) is 8.14. The zero-order valence-corrected chi connectivity index (χ0v) is 12.7. The zero-order valence-electron chi connectivity index (χ0n) is 12.7. The Morgan fingerprint density at radius 2 is 2.00 bits per heavy atom. The Kier molecular flexibility index (Phi) is 5.18. The van der Waals surface area contributed by atoms with Gasteiger partial charge >= 0.3 is 0 Å². The van der Waals surface area contributed by atoms with E-state index in [1.54, 1.807) is 0 Å². The number of rotatable bonds is 6. The number of nitrogens with one attached hydrogen (secondary N) is 2. The predicted molar refractivity (Wildman–Crippen MR) is 83.6 cm³/mol. The van der Waals surface area contributed by atoms with Crippen molar-refractivity contribution in [3.05, 3.63) is 29.8 Å². The molecular formula is C17H26N2O. The van der Waals surface area contributed by atoms with Gasteiger partial charge in [0, 0.05) is 17.6 Å². The third-order valence-corrected chi connectivity index (χ3v) is 4.48. The van der Waals surface area contributed by atoms with Crippen molar-refractivity contribution >= 4 is 11.6 Å². The Labute approximate surface area is 122 Å². The molecule has 0 spiro atoms. The van der Waals surface area contributed by atoms with E-state index in [9.17, 15) is 4.79 Å². The topological polar surface area (TPSA) is 41.1 Å². The van der Waals surface area contributed by atoms with Gasteiger partial charge in [-0.2, -0.15) is 0 Å². The van der Waals surface area contributed by atoms with Gasteiger partial charge in [-0.05, 0) is 43.5 Å². The van der Waals surface area contributed by atoms with Crippen molar-refractivity contribution < 1.29 is 4.79 Å². The third kappa shape index (κ3) is 3.40. The number of benzene rings is 1. The molecule has 1 amide bonds. The lowest BCUT2D eigenvalue weighted by Gasteiger charge is -2.26. The summed E-state index contributed by atoms with van der Waals surface area (Å²) < 4.78 is 0. The minimum absolute atomic E-state index is 0.127. The molecule has 0 aromatic heterocycles. The lowest BCUT2D eigenvalue weighted by Crippen LogP contribution is -2.33. The summed E-state index contributed by atoms with van der Waals surface area (Å²) >= 11 is 0. The first-order valence-electron chi connectivity index (χ1n) is 7.81. The SMILES string of the molecule is CCNCc1cccc(NC(=O)C2(CC)CCCC2)c1. The van der Waals surface area contributed by atoms with Crippen molar-refractivity contribution in [1.82, 2.24) is 5.32 Å². The molecule has 1 saturated carbocycles. The van der Waals surface area contributed by atoms with Crippen LogP contribution in [0.4, 0.5) is 5.69 Å². The van der Waals surface area contributed by atoms with Crippen LogP contribution < -0.4 is 10.6 Å². The first-order valence-corrected chi connectivity index (χ1v) is 7.81. The molecule has 20 heavy (non-hydrogen) atoms. The summed E-state index contributed by atoms with van der Waals surface area (Å²) in [4.78, 5) is 12.6. The minimum Gasteiger partial charge on any atom is -0.326 e. The Morgan fingerprint density at radius 1 is 1.25 bits per heavy atom. The molecule has 110 valence electrons. The maximum Gasteiger partial charge on any atom is 0.230 e. The van der Waals surface area contributed by atoms with Crippen LogP contribution in [0.25, 0.3) is 0 Å². The molecule has 1 aromatic carbocycles. The quantitative estimate of drug-likeness (QED) is 0.830. The van der Waals surface area contributed by atoms with Crippen LogP contribution in [0.1, 0.15) is 51.5 Å². The van der Waals surface area contributed by atoms with Gasteiger partial charge in [-0.15, -0.1) is 0 Å². The number of carbonyl (C=O) groups is 1. The molecule has 1 fully saturated rings. The number of hydrogen-bond donors (Lipinski definition) is 2. The highest BCUT2D eigenvalue weighted by molar-refractivity contribution is 5.95. The molecular weight excluding hydrogens is 248 g/mol. The highest BCUT2D eigenvalue weighted by Crippen LogP contribution is 2.41. The van der Waals surface area contributed by atoms with Gasteiger partial charge in [0.15, 0.2) is 0 Å². The second-order valence-electron chi connectivity index (χ2n) is 5.78. The highest BCUT2D eigenvalue weighted by Gasteiger charge is 2.39. The smallest absolute Gasteiger partial charge is 0.230 e. The van der Waals surface area contributed by atoms with Gasteiger partial charge in [0.25, 0.3) is 0 Å². The van der Waals surface area contributed by atoms with Crippen molar-refractivity contribution in [1.29, 1.82) is 0 Å². The van der Waals surface area contributed by atoms with Gasteiger partial charge in [-0.25, -0.2) is 0 Å². The summed E-state index contributed by atoms with van der Waals surface area (Å²) in [5, 5.41) is 6.43. The van der Waals surface area contributed by atoms with Gasteiger partial charge in [0.2, 0.25) is 5.91 Å². The fourth-order valence-corrected chi connectivity index (χ4v) is 3.09. The monoisotopic (exact) mass is 274 g/mol. The Bertz CT molecular complexity index is 450. The molecule has 0 unspecified atom stereocenters. The Balaban J connectivity index is 2.03. The van der Waals surface area contributed by atoms with Gasteiger partial charge < -0.3 is 10.6 Å². The van der Waals surface area contributed by atoms with E-state index in [1.165, 1.54) is 18.4 Å². The second kappa shape index (κ2) is 6.89. The zero-order chi connectivity index (χ0) is 14.4. The van der Waals surface area contributed by atoms with E-state index in [1.807, 2.05) is 12.1 Å². The van der Waals surface area contributed by atoms with Crippen molar-refractivity contribution in [2.75, 3.05) is 11.9 Å². The summed E-state index contributed by atoms with van der Waals surface area (Å²) in [6.45, 7) is 6.03. The van der Waals surface area contributed by atoms with E-state index in [4.69, 9.17) is 0 Å². The van der Waals surface area contributed by atoms with Crippen LogP contribution in [-0.4, -0.2) is 12.5 Å². The van der Waals surface area contributed by atoms with Crippen molar-refractivity contribution in [3.63, 3.8) is 0 Å². The van der Waals surface area contributed by atoms with Crippen LogP contribution >= 0.6 is 0 Å². The maximum atomic E-state index is 12.6. The molecule has 2 rings (SSSR count). The number of anilines is 1. The van der Waals surface area contributed by atoms with Crippen LogP contribution in [0.15, 0.2) is 24.3 Å². The van der Waals surface area contributed by atoms with Crippen molar-refractivity contribution in [3.8, 4) is 0 Å². The van der Waals surface area contributed by atoms with E-state index in [0.717, 1.165) is 38.0 Å². The third-order valence-electron chi connectivity index (χ3n) is 4.48. The molecule has 2 N–H and O–H groups in total. The van der Waals surface area contributed by atoms with Crippen LogP contribution in [0.3, 0.4) is 0 Å². The molecule has 0 aliphatic heterocycles.